The molecule has 1 aliphatic rings. The second-order valence-corrected chi connectivity index (χ2v) is 7.16. The van der Waals surface area contributed by atoms with Gasteiger partial charge in [-0.15, -0.1) is 0 Å². The van der Waals surface area contributed by atoms with Gasteiger partial charge in [-0.2, -0.15) is 0 Å². The van der Waals surface area contributed by atoms with E-state index in [9.17, 15) is 0 Å². The molecule has 2 unspecified atom stereocenters. The highest BCUT2D eigenvalue weighted by atomic mass is 28.3. The Bertz CT molecular complexity index is 630. The fourth-order valence-electron chi connectivity index (χ4n) is 2.46. The molecular weight excluding hydrogens is 320 g/mol. The molecule has 5 heteroatoms. The lowest BCUT2D eigenvalue weighted by molar-refractivity contribution is 0.0394. The van der Waals surface area contributed by atoms with Gasteiger partial charge in [-0.25, -0.2) is 0 Å². The highest BCUT2D eigenvalue weighted by Gasteiger charge is 2.24. The summed E-state index contributed by atoms with van der Waals surface area (Å²) in [5.41, 5.74) is 1.13. The van der Waals surface area contributed by atoms with Gasteiger partial charge in [-0.1, -0.05) is 37.3 Å². The monoisotopic (exact) mass is 343 g/mol. The smallest absolute Gasteiger partial charge is 0.510 e. The number of hydrogen-bond donors (Lipinski definition) is 0. The van der Waals surface area contributed by atoms with Crippen molar-refractivity contribution in [3.63, 3.8) is 0 Å². The van der Waals surface area contributed by atoms with Crippen LogP contribution in [0, 0.1) is 0 Å². The van der Waals surface area contributed by atoms with Gasteiger partial charge in [0, 0.05) is 6.55 Å². The molecule has 0 amide bonds. The van der Waals surface area contributed by atoms with Gasteiger partial charge in [0.15, 0.2) is 0 Å². The molecule has 0 N–H and O–H groups in total. The van der Waals surface area contributed by atoms with Crippen molar-refractivity contribution in [2.45, 2.75) is 32.1 Å². The molecule has 2 aromatic rings. The van der Waals surface area contributed by atoms with E-state index in [0.717, 1.165) is 30.1 Å². The Morgan fingerprint density at radius 3 is 2.50 bits per heavy atom. The quantitative estimate of drug-likeness (QED) is 0.507. The summed E-state index contributed by atoms with van der Waals surface area (Å²) in [6.45, 7) is 5.59. The molecule has 0 saturated carbocycles. The van der Waals surface area contributed by atoms with Crippen LogP contribution >= 0.6 is 0 Å². The molecule has 0 aliphatic carbocycles. The van der Waals surface area contributed by atoms with Gasteiger partial charge in [-0.05, 0) is 36.2 Å². The number of ether oxygens (including phenoxy) is 2. The molecule has 2 atom stereocenters. The summed E-state index contributed by atoms with van der Waals surface area (Å²) in [5.74, 6) is 1.66. The number of para-hydroxylation sites is 1. The molecule has 1 saturated heterocycles. The van der Waals surface area contributed by atoms with E-state index in [2.05, 4.69) is 13.0 Å². The molecule has 1 radical (unpaired) electrons. The Balaban J connectivity index is 1.59. The van der Waals surface area contributed by atoms with Crippen LogP contribution in [-0.4, -0.2) is 28.6 Å². The molecule has 0 bridgehead atoms. The minimum absolute atomic E-state index is 0.0697. The second kappa shape index (κ2) is 8.33. The van der Waals surface area contributed by atoms with Crippen molar-refractivity contribution in [2.24, 2.45) is 0 Å². The first-order valence-corrected chi connectivity index (χ1v) is 10.1. The Labute approximate surface area is 145 Å². The topological polar surface area (TPSA) is 40.2 Å². The average molecular weight is 343 g/mol. The summed E-state index contributed by atoms with van der Waals surface area (Å²) < 4.78 is 23.0. The summed E-state index contributed by atoms with van der Waals surface area (Å²) in [6, 6.07) is 17.8. The lowest BCUT2D eigenvalue weighted by atomic mass is 10.1. The second-order valence-electron chi connectivity index (χ2n) is 5.77. The summed E-state index contributed by atoms with van der Waals surface area (Å²) in [4.78, 5) is 0. The van der Waals surface area contributed by atoms with E-state index in [-0.39, 0.29) is 12.2 Å². The zero-order valence-corrected chi connectivity index (χ0v) is 15.1. The Hall–Kier alpha value is -1.82. The van der Waals surface area contributed by atoms with E-state index in [0.29, 0.717) is 6.61 Å². The Morgan fingerprint density at radius 1 is 1.08 bits per heavy atom. The minimum atomic E-state index is -1.42. The molecule has 24 heavy (non-hydrogen) atoms. The summed E-state index contributed by atoms with van der Waals surface area (Å²) >= 11 is 0. The van der Waals surface area contributed by atoms with Crippen LogP contribution in [0.4, 0.5) is 0 Å². The maximum atomic E-state index is 5.99. The average Bonchev–Trinajstić information content (AvgIpc) is 3.41. The van der Waals surface area contributed by atoms with Crippen molar-refractivity contribution in [3.05, 3.63) is 60.2 Å². The van der Waals surface area contributed by atoms with Crippen LogP contribution < -0.4 is 8.85 Å². The van der Waals surface area contributed by atoms with Crippen LogP contribution in [0.15, 0.2) is 54.6 Å². The molecule has 1 aliphatic heterocycles. The molecule has 3 rings (SSSR count). The maximum Gasteiger partial charge on any atom is 0.528 e. The van der Waals surface area contributed by atoms with Crippen LogP contribution in [-0.2, 0) is 9.47 Å². The third-order valence-corrected chi connectivity index (χ3v) is 4.80. The highest BCUT2D eigenvalue weighted by Crippen LogP contribution is 2.26. The van der Waals surface area contributed by atoms with E-state index in [1.54, 1.807) is 0 Å². The highest BCUT2D eigenvalue weighted by molar-refractivity contribution is 6.44. The van der Waals surface area contributed by atoms with E-state index >= 15 is 0 Å². The molecule has 1 fully saturated rings. The van der Waals surface area contributed by atoms with Crippen LogP contribution in [0.3, 0.4) is 0 Å². The lowest BCUT2D eigenvalue weighted by Gasteiger charge is -2.18. The summed E-state index contributed by atoms with van der Waals surface area (Å²) in [5, 5.41) is 0. The normalized spacial score (nSPS) is 17.5. The summed E-state index contributed by atoms with van der Waals surface area (Å²) in [7, 11) is -1.42. The number of epoxide rings is 1. The standard InChI is InChI=1S/C19H23O4Si/c1-3-19(21-14-18-13-20-18)15-8-7-11-17(12-15)23-24(2)22-16-9-5-4-6-10-16/h4-12,18-19H,3,13-14H2,1-2H3. The van der Waals surface area contributed by atoms with E-state index < -0.39 is 9.28 Å². The molecule has 4 nitrogen and oxygen atoms in total. The van der Waals surface area contributed by atoms with Crippen molar-refractivity contribution in [2.75, 3.05) is 13.2 Å². The van der Waals surface area contributed by atoms with Gasteiger partial charge in [0.05, 0.1) is 19.3 Å². The van der Waals surface area contributed by atoms with Crippen molar-refractivity contribution in [3.8, 4) is 11.5 Å². The van der Waals surface area contributed by atoms with Gasteiger partial charge in [0.25, 0.3) is 0 Å². The number of benzene rings is 2. The SMILES string of the molecule is CCC(OCC1CO1)c1cccc(O[Si](C)Oc2ccccc2)c1. The Kier molecular flexibility index (Phi) is 5.90. The van der Waals surface area contributed by atoms with E-state index in [4.69, 9.17) is 18.3 Å². The first-order chi connectivity index (χ1) is 11.7. The van der Waals surface area contributed by atoms with Gasteiger partial charge >= 0.3 is 9.28 Å². The first kappa shape index (κ1) is 17.0. The molecule has 1 heterocycles. The molecule has 0 spiro atoms. The van der Waals surface area contributed by atoms with Crippen molar-refractivity contribution < 1.29 is 18.3 Å². The van der Waals surface area contributed by atoms with Gasteiger partial charge in [0.1, 0.15) is 17.6 Å². The fraction of sp³-hybridized carbons (Fsp3) is 0.368. The predicted molar refractivity (Wildman–Crippen MR) is 94.5 cm³/mol. The van der Waals surface area contributed by atoms with E-state index in [1.165, 1.54) is 0 Å². The summed E-state index contributed by atoms with van der Waals surface area (Å²) in [6.07, 6.45) is 1.27. The zero-order chi connectivity index (χ0) is 16.8. The van der Waals surface area contributed by atoms with Gasteiger partial charge in [-0.3, -0.25) is 0 Å². The Morgan fingerprint density at radius 2 is 1.79 bits per heavy atom. The third kappa shape index (κ3) is 5.09. The fourth-order valence-corrected chi connectivity index (χ4v) is 3.43. The third-order valence-electron chi connectivity index (χ3n) is 3.75. The van der Waals surface area contributed by atoms with Gasteiger partial charge in [0.2, 0.25) is 0 Å². The van der Waals surface area contributed by atoms with Gasteiger partial charge < -0.3 is 18.3 Å². The van der Waals surface area contributed by atoms with Crippen molar-refractivity contribution in [1.82, 2.24) is 0 Å². The lowest BCUT2D eigenvalue weighted by Crippen LogP contribution is -2.25. The molecule has 2 aromatic carbocycles. The van der Waals surface area contributed by atoms with Crippen LogP contribution in [0.1, 0.15) is 25.0 Å². The molecule has 127 valence electrons. The van der Waals surface area contributed by atoms with Crippen LogP contribution in [0.5, 0.6) is 11.5 Å². The van der Waals surface area contributed by atoms with Crippen LogP contribution in [0.25, 0.3) is 0 Å². The number of rotatable bonds is 9. The first-order valence-electron chi connectivity index (χ1n) is 8.32. The zero-order valence-electron chi connectivity index (χ0n) is 14.1. The largest absolute Gasteiger partial charge is 0.528 e. The van der Waals surface area contributed by atoms with E-state index in [1.807, 2.05) is 55.1 Å². The number of hydrogen-bond acceptors (Lipinski definition) is 4. The predicted octanol–water partition coefficient (Wildman–Crippen LogP) is 4.13. The molecular formula is C19H23O4Si. The van der Waals surface area contributed by atoms with Crippen LogP contribution in [0.2, 0.25) is 6.55 Å². The minimum Gasteiger partial charge on any atom is -0.510 e. The molecule has 0 aromatic heterocycles. The van der Waals surface area contributed by atoms with Crippen molar-refractivity contribution >= 4 is 9.28 Å². The maximum absolute atomic E-state index is 5.99. The van der Waals surface area contributed by atoms with Crippen molar-refractivity contribution in [1.29, 1.82) is 0 Å².